The lowest BCUT2D eigenvalue weighted by molar-refractivity contribution is -0.122. The first-order chi connectivity index (χ1) is 20.7. The summed E-state index contributed by atoms with van der Waals surface area (Å²) < 4.78 is 18.8. The maximum absolute atomic E-state index is 13.4. The molecule has 11 heteroatoms. The molecule has 0 saturated carbocycles. The predicted molar refractivity (Wildman–Crippen MR) is 170 cm³/mol. The first-order valence-corrected chi connectivity index (χ1v) is 14.8. The smallest absolute Gasteiger partial charge is 0.335 e. The fourth-order valence-electron chi connectivity index (χ4n) is 4.23. The number of amides is 4. The summed E-state index contributed by atoms with van der Waals surface area (Å²) in [5.74, 6) is -0.219. The molecule has 1 N–H and O–H groups in total. The monoisotopic (exact) mass is 724 g/mol. The Balaban J connectivity index is 1.34. The number of rotatable bonds is 9. The molecule has 4 aromatic carbocycles. The normalized spacial score (nSPS) is 14.1. The minimum absolute atomic E-state index is 0.226. The molecule has 4 amide bonds. The lowest BCUT2D eigenvalue weighted by Gasteiger charge is -2.26. The molecular weight excluding hydrogens is 704 g/mol. The Kier molecular flexibility index (Phi) is 9.49. The highest BCUT2D eigenvalue weighted by Crippen LogP contribution is 2.38. The van der Waals surface area contributed by atoms with Gasteiger partial charge in [-0.25, -0.2) is 9.69 Å². The van der Waals surface area contributed by atoms with E-state index in [1.807, 2.05) is 42.5 Å². The van der Waals surface area contributed by atoms with Crippen LogP contribution in [0.25, 0.3) is 6.08 Å². The van der Waals surface area contributed by atoms with Crippen LogP contribution >= 0.6 is 43.5 Å². The van der Waals surface area contributed by atoms with Crippen LogP contribution in [0.2, 0.25) is 5.02 Å². The average Bonchev–Trinajstić information content (AvgIpc) is 2.99. The van der Waals surface area contributed by atoms with Gasteiger partial charge in [-0.3, -0.25) is 14.9 Å². The summed E-state index contributed by atoms with van der Waals surface area (Å²) >= 11 is 13.1. The Hall–Kier alpha value is -4.12. The van der Waals surface area contributed by atoms with Gasteiger partial charge < -0.3 is 14.2 Å². The third kappa shape index (κ3) is 7.10. The van der Waals surface area contributed by atoms with E-state index in [4.69, 9.17) is 25.8 Å². The zero-order valence-corrected chi connectivity index (χ0v) is 26.5. The topological polar surface area (TPSA) is 94.2 Å². The zero-order chi connectivity index (χ0) is 30.5. The van der Waals surface area contributed by atoms with Gasteiger partial charge in [0.2, 0.25) is 0 Å². The van der Waals surface area contributed by atoms with Gasteiger partial charge in [0.15, 0.2) is 11.5 Å². The molecule has 0 unspecified atom stereocenters. The number of methoxy groups -OCH3 is 1. The summed E-state index contributed by atoms with van der Waals surface area (Å²) in [6.07, 6.45) is 1.39. The highest BCUT2D eigenvalue weighted by atomic mass is 79.9. The Morgan fingerprint density at radius 1 is 0.884 bits per heavy atom. The first kappa shape index (κ1) is 30.3. The van der Waals surface area contributed by atoms with Crippen molar-refractivity contribution in [2.45, 2.75) is 13.2 Å². The number of ether oxygens (including phenoxy) is 3. The third-order valence-electron chi connectivity index (χ3n) is 6.41. The highest BCUT2D eigenvalue weighted by molar-refractivity contribution is 9.10. The van der Waals surface area contributed by atoms with Crippen molar-refractivity contribution in [1.29, 1.82) is 0 Å². The Bertz CT molecular complexity index is 1730. The second kappa shape index (κ2) is 13.5. The van der Waals surface area contributed by atoms with Gasteiger partial charge in [0.25, 0.3) is 11.8 Å². The van der Waals surface area contributed by atoms with Crippen molar-refractivity contribution in [2.24, 2.45) is 0 Å². The second-order valence-electron chi connectivity index (χ2n) is 9.28. The fraction of sp³-hybridized carbons (Fsp3) is 0.0938. The van der Waals surface area contributed by atoms with Crippen molar-refractivity contribution in [3.63, 3.8) is 0 Å². The van der Waals surface area contributed by atoms with Crippen molar-refractivity contribution >= 4 is 73.1 Å². The van der Waals surface area contributed by atoms with Gasteiger partial charge in [0.05, 0.1) is 17.3 Å². The number of barbiturate groups is 1. The van der Waals surface area contributed by atoms with Crippen LogP contribution in [0.1, 0.15) is 16.7 Å². The number of nitrogens with one attached hydrogen (secondary N) is 1. The van der Waals surface area contributed by atoms with E-state index in [9.17, 15) is 14.4 Å². The molecule has 218 valence electrons. The first-order valence-electron chi connectivity index (χ1n) is 12.9. The zero-order valence-electron chi connectivity index (χ0n) is 22.6. The van der Waals surface area contributed by atoms with E-state index in [-0.39, 0.29) is 17.9 Å². The molecule has 0 bridgehead atoms. The van der Waals surface area contributed by atoms with E-state index >= 15 is 0 Å². The van der Waals surface area contributed by atoms with Crippen molar-refractivity contribution in [2.75, 3.05) is 12.0 Å². The Morgan fingerprint density at radius 3 is 2.30 bits per heavy atom. The average molecular weight is 727 g/mol. The summed E-state index contributed by atoms with van der Waals surface area (Å²) in [5, 5.41) is 2.82. The number of hydrogen-bond donors (Lipinski definition) is 1. The van der Waals surface area contributed by atoms with Crippen LogP contribution in [-0.2, 0) is 22.8 Å². The standard InChI is InChI=1S/C32H23Br2ClN2O6/c1-41-28-16-20(15-26(34)29(28)43-17-19-6-8-22(33)9-7-19)14-25-30(38)36-32(40)37(31(25)39)23-10-12-24(13-11-23)42-18-21-4-2-3-5-27(21)35/h2-16H,17-18H2,1H3,(H,36,38,40)/b25-14+. The molecule has 5 rings (SSSR count). The number of urea groups is 1. The molecule has 4 aromatic rings. The third-order valence-corrected chi connectivity index (χ3v) is 7.89. The van der Waals surface area contributed by atoms with E-state index in [0.717, 1.165) is 20.5 Å². The number of carbonyl (C=O) groups excluding carboxylic acids is 3. The molecule has 0 aromatic heterocycles. The van der Waals surface area contributed by atoms with E-state index < -0.39 is 17.8 Å². The minimum atomic E-state index is -0.854. The maximum Gasteiger partial charge on any atom is 0.335 e. The molecule has 1 fully saturated rings. The van der Waals surface area contributed by atoms with E-state index in [2.05, 4.69) is 37.2 Å². The molecule has 1 aliphatic rings. The van der Waals surface area contributed by atoms with E-state index in [1.165, 1.54) is 13.2 Å². The molecule has 1 aliphatic heterocycles. The number of imide groups is 2. The summed E-state index contributed by atoms with van der Waals surface area (Å²) in [5.41, 5.74) is 2.30. The van der Waals surface area contributed by atoms with Crippen LogP contribution in [0.15, 0.2) is 99.4 Å². The van der Waals surface area contributed by atoms with Crippen LogP contribution in [-0.4, -0.2) is 25.0 Å². The summed E-state index contributed by atoms with van der Waals surface area (Å²) in [7, 11) is 1.49. The number of carbonyl (C=O) groups is 3. The van der Waals surface area contributed by atoms with Crippen LogP contribution in [0.4, 0.5) is 10.5 Å². The molecule has 0 spiro atoms. The molecule has 43 heavy (non-hydrogen) atoms. The molecular formula is C32H23Br2ClN2O6. The second-order valence-corrected chi connectivity index (χ2v) is 11.5. The van der Waals surface area contributed by atoms with Crippen LogP contribution < -0.4 is 24.4 Å². The molecule has 0 radical (unpaired) electrons. The Morgan fingerprint density at radius 2 is 1.60 bits per heavy atom. The maximum atomic E-state index is 13.4. The summed E-state index contributed by atoms with van der Waals surface area (Å²) in [6.45, 7) is 0.543. The van der Waals surface area contributed by atoms with Gasteiger partial charge in [-0.2, -0.15) is 0 Å². The van der Waals surface area contributed by atoms with Crippen molar-refractivity contribution in [3.05, 3.63) is 121 Å². The molecule has 8 nitrogen and oxygen atoms in total. The van der Waals surface area contributed by atoms with Crippen molar-refractivity contribution in [1.82, 2.24) is 5.32 Å². The fourth-order valence-corrected chi connectivity index (χ4v) is 5.25. The largest absolute Gasteiger partial charge is 0.493 e. The quantitative estimate of drug-likeness (QED) is 0.140. The molecule has 0 aliphatic carbocycles. The molecule has 1 saturated heterocycles. The van der Waals surface area contributed by atoms with Crippen LogP contribution in [0, 0.1) is 0 Å². The van der Waals surface area contributed by atoms with E-state index in [0.29, 0.717) is 38.9 Å². The lowest BCUT2D eigenvalue weighted by Crippen LogP contribution is -2.54. The van der Waals surface area contributed by atoms with Gasteiger partial charge in [-0.05, 0) is 87.7 Å². The number of hydrogen-bond acceptors (Lipinski definition) is 6. The van der Waals surface area contributed by atoms with Crippen molar-refractivity contribution < 1.29 is 28.6 Å². The summed E-state index contributed by atoms with van der Waals surface area (Å²) in [6, 6.07) is 23.9. The van der Waals surface area contributed by atoms with Gasteiger partial charge in [-0.15, -0.1) is 0 Å². The van der Waals surface area contributed by atoms with Gasteiger partial charge in [0.1, 0.15) is 24.5 Å². The minimum Gasteiger partial charge on any atom is -0.493 e. The van der Waals surface area contributed by atoms with Gasteiger partial charge in [-0.1, -0.05) is 57.9 Å². The van der Waals surface area contributed by atoms with Gasteiger partial charge in [0, 0.05) is 15.1 Å². The highest BCUT2D eigenvalue weighted by Gasteiger charge is 2.37. The number of benzene rings is 4. The van der Waals surface area contributed by atoms with Crippen LogP contribution in [0.5, 0.6) is 17.2 Å². The SMILES string of the molecule is COc1cc(/C=C2\C(=O)NC(=O)N(c3ccc(OCc4ccccc4Cl)cc3)C2=O)cc(Br)c1OCc1ccc(Br)cc1. The van der Waals surface area contributed by atoms with E-state index in [1.54, 1.807) is 42.5 Å². The van der Waals surface area contributed by atoms with Crippen LogP contribution in [0.3, 0.4) is 0 Å². The summed E-state index contributed by atoms with van der Waals surface area (Å²) in [4.78, 5) is 39.8. The molecule has 1 heterocycles. The van der Waals surface area contributed by atoms with Crippen molar-refractivity contribution in [3.8, 4) is 17.2 Å². The number of halogens is 3. The predicted octanol–water partition coefficient (Wildman–Crippen LogP) is 7.70. The molecule has 0 atom stereocenters. The Labute approximate surface area is 269 Å². The van der Waals surface area contributed by atoms with Gasteiger partial charge >= 0.3 is 6.03 Å². The number of anilines is 1. The number of nitrogens with zero attached hydrogens (tertiary/aromatic N) is 1. The lowest BCUT2D eigenvalue weighted by atomic mass is 10.1.